The molecule has 7 heteroatoms. The molecule has 0 aliphatic carbocycles. The van der Waals surface area contributed by atoms with Crippen molar-refractivity contribution in [2.45, 2.75) is 20.5 Å². The van der Waals surface area contributed by atoms with E-state index in [0.717, 1.165) is 4.88 Å². The fraction of sp³-hybridized carbons (Fsp3) is 0.312. The van der Waals surface area contributed by atoms with Crippen molar-refractivity contribution in [2.24, 2.45) is 0 Å². The van der Waals surface area contributed by atoms with E-state index < -0.39 is 5.97 Å². The first-order chi connectivity index (χ1) is 11.1. The molecule has 0 atom stereocenters. The molecular formula is C16H17NO5S. The number of aliphatic hydroxyl groups is 1. The Hall–Kier alpha value is -2.25. The lowest BCUT2D eigenvalue weighted by Crippen LogP contribution is -2.08. The zero-order valence-corrected chi connectivity index (χ0v) is 13.7. The number of ether oxygens (including phenoxy) is 2. The summed E-state index contributed by atoms with van der Waals surface area (Å²) in [7, 11) is 0. The topological polar surface area (TPSA) is 85.7 Å². The van der Waals surface area contributed by atoms with Crippen molar-refractivity contribution >= 4 is 23.3 Å². The maximum Gasteiger partial charge on any atom is 0.356 e. The van der Waals surface area contributed by atoms with Gasteiger partial charge in [-0.1, -0.05) is 0 Å². The summed E-state index contributed by atoms with van der Waals surface area (Å²) in [6, 6.07) is 6.69. The fourth-order valence-electron chi connectivity index (χ4n) is 1.93. The van der Waals surface area contributed by atoms with Gasteiger partial charge in [0.25, 0.3) is 0 Å². The van der Waals surface area contributed by atoms with Gasteiger partial charge < -0.3 is 14.6 Å². The van der Waals surface area contributed by atoms with Crippen LogP contribution in [-0.4, -0.2) is 35.2 Å². The highest BCUT2D eigenvalue weighted by Crippen LogP contribution is 2.29. The van der Waals surface area contributed by atoms with E-state index in [9.17, 15) is 14.7 Å². The van der Waals surface area contributed by atoms with Crippen LogP contribution in [-0.2, 0) is 16.1 Å². The number of thiophene rings is 1. The number of esters is 2. The van der Waals surface area contributed by atoms with Crippen LogP contribution in [0.5, 0.6) is 0 Å². The van der Waals surface area contributed by atoms with E-state index in [1.165, 1.54) is 11.3 Å². The van der Waals surface area contributed by atoms with Crippen molar-refractivity contribution in [2.75, 3.05) is 13.2 Å². The molecule has 0 saturated heterocycles. The number of hydrogen-bond donors (Lipinski definition) is 1. The summed E-state index contributed by atoms with van der Waals surface area (Å²) in [5.74, 6) is -0.933. The third-order valence-corrected chi connectivity index (χ3v) is 4.01. The molecule has 6 nitrogen and oxygen atoms in total. The molecule has 0 aliphatic heterocycles. The van der Waals surface area contributed by atoms with Crippen molar-refractivity contribution in [1.29, 1.82) is 0 Å². The van der Waals surface area contributed by atoms with Crippen LogP contribution < -0.4 is 0 Å². The lowest BCUT2D eigenvalue weighted by molar-refractivity contribution is 0.0514. The Labute approximate surface area is 137 Å². The normalized spacial score (nSPS) is 10.4. The molecule has 23 heavy (non-hydrogen) atoms. The van der Waals surface area contributed by atoms with Gasteiger partial charge in [0.1, 0.15) is 10.6 Å². The molecule has 0 fully saturated rings. The third-order valence-electron chi connectivity index (χ3n) is 2.89. The molecular weight excluding hydrogens is 318 g/mol. The van der Waals surface area contributed by atoms with Crippen molar-refractivity contribution in [3.05, 3.63) is 40.5 Å². The lowest BCUT2D eigenvalue weighted by atomic mass is 10.1. The van der Waals surface area contributed by atoms with Crippen molar-refractivity contribution in [3.63, 3.8) is 0 Å². The Morgan fingerprint density at radius 2 is 1.83 bits per heavy atom. The molecule has 0 unspecified atom stereocenters. The molecule has 0 aromatic carbocycles. The second-order valence-electron chi connectivity index (χ2n) is 4.50. The van der Waals surface area contributed by atoms with Gasteiger partial charge in [0.2, 0.25) is 0 Å². The summed E-state index contributed by atoms with van der Waals surface area (Å²) in [5.41, 5.74) is 1.17. The summed E-state index contributed by atoms with van der Waals surface area (Å²) >= 11 is 1.25. The summed E-state index contributed by atoms with van der Waals surface area (Å²) in [6.07, 6.45) is 0. The van der Waals surface area contributed by atoms with E-state index in [1.54, 1.807) is 38.1 Å². The minimum absolute atomic E-state index is 0.125. The van der Waals surface area contributed by atoms with Crippen LogP contribution in [0.2, 0.25) is 0 Å². The minimum Gasteiger partial charge on any atom is -0.462 e. The first-order valence-corrected chi connectivity index (χ1v) is 7.97. The summed E-state index contributed by atoms with van der Waals surface area (Å²) < 4.78 is 9.90. The van der Waals surface area contributed by atoms with Crippen LogP contribution in [0.25, 0.3) is 10.4 Å². The zero-order valence-electron chi connectivity index (χ0n) is 12.9. The van der Waals surface area contributed by atoms with E-state index >= 15 is 0 Å². The van der Waals surface area contributed by atoms with Crippen molar-refractivity contribution < 1.29 is 24.2 Å². The number of carbonyl (C=O) groups is 2. The van der Waals surface area contributed by atoms with E-state index in [1.807, 2.05) is 0 Å². The summed E-state index contributed by atoms with van der Waals surface area (Å²) in [6.45, 7) is 3.71. The Morgan fingerprint density at radius 3 is 2.48 bits per heavy atom. The molecule has 2 heterocycles. The molecule has 2 aromatic heterocycles. The van der Waals surface area contributed by atoms with E-state index in [-0.39, 0.29) is 24.9 Å². The third kappa shape index (κ3) is 4.14. The number of hydrogen-bond acceptors (Lipinski definition) is 7. The Morgan fingerprint density at radius 1 is 1.13 bits per heavy atom. The average Bonchev–Trinajstić information content (AvgIpc) is 3.05. The van der Waals surface area contributed by atoms with Crippen LogP contribution in [0.15, 0.2) is 24.3 Å². The highest BCUT2D eigenvalue weighted by molar-refractivity contribution is 7.17. The van der Waals surface area contributed by atoms with Gasteiger partial charge in [-0.2, -0.15) is 0 Å². The maximum absolute atomic E-state index is 11.9. The smallest absolute Gasteiger partial charge is 0.356 e. The van der Waals surface area contributed by atoms with Gasteiger partial charge in [-0.25, -0.2) is 14.6 Å². The molecule has 122 valence electrons. The standard InChI is InChI=1S/C16H17NO5S/c1-3-21-15(19)12-8-10(7-11(9-18)17-12)13-5-6-14(23-13)16(20)22-4-2/h5-8,18H,3-4,9H2,1-2H3. The van der Waals surface area contributed by atoms with Crippen LogP contribution in [0.1, 0.15) is 39.7 Å². The quantitative estimate of drug-likeness (QED) is 0.817. The lowest BCUT2D eigenvalue weighted by Gasteiger charge is -2.06. The largest absolute Gasteiger partial charge is 0.462 e. The van der Waals surface area contributed by atoms with Crippen LogP contribution in [0, 0.1) is 0 Å². The maximum atomic E-state index is 11.9. The number of pyridine rings is 1. The highest BCUT2D eigenvalue weighted by Gasteiger charge is 2.15. The SMILES string of the molecule is CCOC(=O)c1cc(-c2ccc(C(=O)OCC)s2)cc(CO)n1. The monoisotopic (exact) mass is 335 g/mol. The molecule has 0 radical (unpaired) electrons. The number of rotatable bonds is 6. The summed E-state index contributed by atoms with van der Waals surface area (Å²) in [5, 5.41) is 9.32. The van der Waals surface area contributed by atoms with Gasteiger partial charge in [0.05, 0.1) is 25.5 Å². The van der Waals surface area contributed by atoms with E-state index in [2.05, 4.69) is 4.98 Å². The number of aromatic nitrogens is 1. The molecule has 0 amide bonds. The second-order valence-corrected chi connectivity index (χ2v) is 5.58. The van der Waals surface area contributed by atoms with Crippen LogP contribution in [0.3, 0.4) is 0 Å². The Kier molecular flexibility index (Phi) is 5.84. The molecule has 0 spiro atoms. The molecule has 0 aliphatic rings. The highest BCUT2D eigenvalue weighted by atomic mass is 32.1. The van der Waals surface area contributed by atoms with Crippen LogP contribution >= 0.6 is 11.3 Å². The van der Waals surface area contributed by atoms with Gasteiger partial charge in [-0.15, -0.1) is 11.3 Å². The molecule has 2 aromatic rings. The molecule has 2 rings (SSSR count). The first kappa shape index (κ1) is 17.1. The van der Waals surface area contributed by atoms with Gasteiger partial charge in [0.15, 0.2) is 0 Å². The molecule has 0 saturated carbocycles. The summed E-state index contributed by atoms with van der Waals surface area (Å²) in [4.78, 5) is 28.9. The molecule has 1 N–H and O–H groups in total. The fourth-order valence-corrected chi connectivity index (χ4v) is 2.81. The van der Waals surface area contributed by atoms with Gasteiger partial charge in [-0.05, 0) is 43.7 Å². The minimum atomic E-state index is -0.550. The van der Waals surface area contributed by atoms with Crippen molar-refractivity contribution in [3.8, 4) is 10.4 Å². The first-order valence-electron chi connectivity index (χ1n) is 7.15. The average molecular weight is 335 g/mol. The Balaban J connectivity index is 2.37. The van der Waals surface area contributed by atoms with Crippen molar-refractivity contribution in [1.82, 2.24) is 4.98 Å². The predicted octanol–water partition coefficient (Wildman–Crippen LogP) is 2.66. The van der Waals surface area contributed by atoms with Crippen LogP contribution in [0.4, 0.5) is 0 Å². The Bertz CT molecular complexity index is 710. The predicted molar refractivity (Wildman–Crippen MR) is 85.4 cm³/mol. The van der Waals surface area contributed by atoms with Gasteiger partial charge in [0, 0.05) is 4.88 Å². The zero-order chi connectivity index (χ0) is 16.8. The van der Waals surface area contributed by atoms with E-state index in [0.29, 0.717) is 22.7 Å². The second kappa shape index (κ2) is 7.85. The van der Waals surface area contributed by atoms with Gasteiger partial charge in [-0.3, -0.25) is 0 Å². The van der Waals surface area contributed by atoms with Gasteiger partial charge >= 0.3 is 11.9 Å². The number of carbonyl (C=O) groups excluding carboxylic acids is 2. The number of aliphatic hydroxyl groups excluding tert-OH is 1. The molecule has 0 bridgehead atoms. The van der Waals surface area contributed by atoms with E-state index in [4.69, 9.17) is 9.47 Å². The number of nitrogens with zero attached hydrogens (tertiary/aromatic N) is 1.